The van der Waals surface area contributed by atoms with E-state index in [9.17, 15) is 14.9 Å². The number of carbonyl (C=O) groups excluding carboxylic acids is 1. The number of carbonyl (C=O) groups is 1. The second kappa shape index (κ2) is 9.21. The number of para-hydroxylation sites is 2. The first-order valence-electron chi connectivity index (χ1n) is 8.66. The van der Waals surface area contributed by atoms with Crippen molar-refractivity contribution in [3.63, 3.8) is 0 Å². The Balaban J connectivity index is 1.58. The predicted octanol–water partition coefficient (Wildman–Crippen LogP) is 1.59. The Bertz CT molecular complexity index is 916. The molecule has 10 nitrogen and oxygen atoms in total. The molecule has 2 N–H and O–H groups in total. The van der Waals surface area contributed by atoms with E-state index in [0.717, 1.165) is 5.56 Å². The minimum absolute atomic E-state index is 0.00975. The van der Waals surface area contributed by atoms with Crippen molar-refractivity contribution in [3.8, 4) is 0 Å². The van der Waals surface area contributed by atoms with Gasteiger partial charge in [0.05, 0.1) is 4.92 Å². The largest absolute Gasteiger partial charge is 0.378 e. The van der Waals surface area contributed by atoms with Gasteiger partial charge in [0.25, 0.3) is 5.69 Å². The first kappa shape index (κ1) is 19.0. The Labute approximate surface area is 160 Å². The van der Waals surface area contributed by atoms with E-state index in [1.165, 1.54) is 17.1 Å². The highest BCUT2D eigenvalue weighted by Crippen LogP contribution is 2.22. The predicted molar refractivity (Wildman–Crippen MR) is 102 cm³/mol. The zero-order valence-corrected chi connectivity index (χ0v) is 14.9. The van der Waals surface area contributed by atoms with Gasteiger partial charge in [-0.1, -0.05) is 42.5 Å². The van der Waals surface area contributed by atoms with Gasteiger partial charge in [0.2, 0.25) is 5.91 Å². The summed E-state index contributed by atoms with van der Waals surface area (Å²) in [4.78, 5) is 23.3. The maximum absolute atomic E-state index is 12.7. The Morgan fingerprint density at radius 2 is 1.86 bits per heavy atom. The zero-order chi connectivity index (χ0) is 19.8. The van der Waals surface area contributed by atoms with Gasteiger partial charge in [-0.25, -0.2) is 4.68 Å². The molecular formula is C18H19N7O3. The summed E-state index contributed by atoms with van der Waals surface area (Å²) in [6.07, 6.45) is 1.84. The molecule has 3 aromatic rings. The summed E-state index contributed by atoms with van der Waals surface area (Å²) in [7, 11) is 0. The van der Waals surface area contributed by atoms with Crippen molar-refractivity contribution in [2.45, 2.75) is 12.5 Å². The van der Waals surface area contributed by atoms with E-state index in [1.54, 1.807) is 18.2 Å². The molecule has 0 fully saturated rings. The van der Waals surface area contributed by atoms with Crippen LogP contribution in [-0.4, -0.2) is 44.1 Å². The molecule has 1 atom stereocenters. The Morgan fingerprint density at radius 1 is 1.11 bits per heavy atom. The van der Waals surface area contributed by atoms with Crippen LogP contribution in [0.1, 0.15) is 11.6 Å². The van der Waals surface area contributed by atoms with Gasteiger partial charge in [0, 0.05) is 25.6 Å². The lowest BCUT2D eigenvalue weighted by Crippen LogP contribution is -2.36. The number of aromatic nitrogens is 4. The smallest absolute Gasteiger partial charge is 0.292 e. The fourth-order valence-electron chi connectivity index (χ4n) is 2.74. The van der Waals surface area contributed by atoms with Crippen molar-refractivity contribution in [1.82, 2.24) is 25.5 Å². The number of anilines is 1. The number of benzene rings is 2. The minimum Gasteiger partial charge on any atom is -0.378 e. The number of rotatable bonds is 9. The van der Waals surface area contributed by atoms with E-state index in [0.29, 0.717) is 18.7 Å². The number of nitrogens with one attached hydrogen (secondary N) is 2. The van der Waals surface area contributed by atoms with E-state index < -0.39 is 11.0 Å². The van der Waals surface area contributed by atoms with E-state index in [2.05, 4.69) is 26.2 Å². The Morgan fingerprint density at radius 3 is 2.57 bits per heavy atom. The lowest BCUT2D eigenvalue weighted by atomic mass is 10.1. The molecule has 144 valence electrons. The SMILES string of the molecule is O=C(NCCNc1ccccc1[N+](=O)[O-])C(Cc1ccccc1)n1cnnn1. The molecule has 1 heterocycles. The number of nitro groups is 1. The molecule has 0 saturated heterocycles. The van der Waals surface area contributed by atoms with Crippen LogP contribution in [0.2, 0.25) is 0 Å². The zero-order valence-electron chi connectivity index (χ0n) is 14.9. The molecule has 0 aliphatic heterocycles. The summed E-state index contributed by atoms with van der Waals surface area (Å²) in [5.74, 6) is -0.236. The summed E-state index contributed by atoms with van der Waals surface area (Å²) in [5, 5.41) is 27.9. The molecule has 28 heavy (non-hydrogen) atoms. The van der Waals surface area contributed by atoms with E-state index in [1.807, 2.05) is 30.3 Å². The maximum atomic E-state index is 12.7. The molecule has 1 unspecified atom stereocenters. The van der Waals surface area contributed by atoms with Gasteiger partial charge in [0.1, 0.15) is 18.1 Å². The van der Waals surface area contributed by atoms with Crippen LogP contribution in [-0.2, 0) is 11.2 Å². The fourth-order valence-corrected chi connectivity index (χ4v) is 2.74. The molecule has 3 rings (SSSR count). The van der Waals surface area contributed by atoms with Crippen molar-refractivity contribution < 1.29 is 9.72 Å². The van der Waals surface area contributed by atoms with Crippen LogP contribution in [0.5, 0.6) is 0 Å². The highest BCUT2D eigenvalue weighted by atomic mass is 16.6. The van der Waals surface area contributed by atoms with E-state index in [-0.39, 0.29) is 18.1 Å². The summed E-state index contributed by atoms with van der Waals surface area (Å²) >= 11 is 0. The summed E-state index contributed by atoms with van der Waals surface area (Å²) in [5.41, 5.74) is 1.38. The van der Waals surface area contributed by atoms with E-state index in [4.69, 9.17) is 0 Å². The molecule has 0 radical (unpaired) electrons. The lowest BCUT2D eigenvalue weighted by molar-refractivity contribution is -0.384. The molecule has 0 aliphatic rings. The van der Waals surface area contributed by atoms with Crippen molar-refractivity contribution >= 4 is 17.3 Å². The van der Waals surface area contributed by atoms with Gasteiger partial charge in [-0.2, -0.15) is 0 Å². The number of tetrazole rings is 1. The van der Waals surface area contributed by atoms with Crippen LogP contribution in [0.3, 0.4) is 0 Å². The second-order valence-corrected chi connectivity index (χ2v) is 5.99. The Kier molecular flexibility index (Phi) is 6.24. The third kappa shape index (κ3) is 4.87. The first-order chi connectivity index (χ1) is 13.6. The van der Waals surface area contributed by atoms with Crippen molar-refractivity contribution in [3.05, 3.63) is 76.6 Å². The fraction of sp³-hybridized carbons (Fsp3) is 0.222. The molecule has 2 aromatic carbocycles. The van der Waals surface area contributed by atoms with Crippen LogP contribution >= 0.6 is 0 Å². The van der Waals surface area contributed by atoms with Gasteiger partial charge in [-0.15, -0.1) is 5.10 Å². The number of amides is 1. The number of hydrogen-bond acceptors (Lipinski definition) is 7. The minimum atomic E-state index is -0.594. The molecule has 0 saturated carbocycles. The number of nitro benzene ring substituents is 1. The quantitative estimate of drug-likeness (QED) is 0.327. The maximum Gasteiger partial charge on any atom is 0.292 e. The van der Waals surface area contributed by atoms with Crippen LogP contribution in [0, 0.1) is 10.1 Å². The highest BCUT2D eigenvalue weighted by Gasteiger charge is 2.22. The van der Waals surface area contributed by atoms with Crippen LogP contribution in [0.4, 0.5) is 11.4 Å². The topological polar surface area (TPSA) is 128 Å². The van der Waals surface area contributed by atoms with Gasteiger partial charge in [0.15, 0.2) is 0 Å². The standard InChI is InChI=1S/C18H19N7O3/c26-18(20-11-10-19-15-8-4-5-9-16(15)25(27)28)17(24-13-21-22-23-24)12-14-6-2-1-3-7-14/h1-9,13,17,19H,10-12H2,(H,20,26). The van der Waals surface area contributed by atoms with Crippen molar-refractivity contribution in [1.29, 1.82) is 0 Å². The summed E-state index contributed by atoms with van der Waals surface area (Å²) in [6.45, 7) is 0.628. The molecule has 0 bridgehead atoms. The normalized spacial score (nSPS) is 11.6. The Hall–Kier alpha value is -3.82. The monoisotopic (exact) mass is 381 g/mol. The van der Waals surface area contributed by atoms with Gasteiger partial charge < -0.3 is 10.6 Å². The number of hydrogen-bond donors (Lipinski definition) is 2. The van der Waals surface area contributed by atoms with Crippen LogP contribution in [0.15, 0.2) is 60.9 Å². The van der Waals surface area contributed by atoms with Gasteiger partial charge in [-0.3, -0.25) is 14.9 Å². The summed E-state index contributed by atoms with van der Waals surface area (Å²) in [6, 6.07) is 15.3. The highest BCUT2D eigenvalue weighted by molar-refractivity contribution is 5.80. The molecule has 1 aromatic heterocycles. The molecule has 1 amide bonds. The van der Waals surface area contributed by atoms with Crippen molar-refractivity contribution in [2.75, 3.05) is 18.4 Å². The lowest BCUT2D eigenvalue weighted by Gasteiger charge is -2.16. The van der Waals surface area contributed by atoms with Crippen molar-refractivity contribution in [2.24, 2.45) is 0 Å². The number of nitrogens with zero attached hydrogens (tertiary/aromatic N) is 5. The molecular weight excluding hydrogens is 362 g/mol. The average molecular weight is 381 g/mol. The average Bonchev–Trinajstić information content (AvgIpc) is 3.24. The molecule has 0 aliphatic carbocycles. The van der Waals surface area contributed by atoms with Gasteiger partial charge >= 0.3 is 0 Å². The third-order valence-corrected chi connectivity index (χ3v) is 4.10. The van der Waals surface area contributed by atoms with Crippen LogP contribution in [0.25, 0.3) is 0 Å². The summed E-state index contributed by atoms with van der Waals surface area (Å²) < 4.78 is 1.41. The molecule has 10 heteroatoms. The van der Waals surface area contributed by atoms with Crippen LogP contribution < -0.4 is 10.6 Å². The second-order valence-electron chi connectivity index (χ2n) is 5.99. The first-order valence-corrected chi connectivity index (χ1v) is 8.66. The van der Waals surface area contributed by atoms with Gasteiger partial charge in [-0.05, 0) is 22.1 Å². The third-order valence-electron chi connectivity index (χ3n) is 4.10. The van der Waals surface area contributed by atoms with E-state index >= 15 is 0 Å². The molecule has 0 spiro atoms.